The van der Waals surface area contributed by atoms with E-state index in [-0.39, 0.29) is 5.75 Å². The van der Waals surface area contributed by atoms with Gasteiger partial charge in [-0.2, -0.15) is 0 Å². The van der Waals surface area contributed by atoms with Crippen LogP contribution in [0.25, 0.3) is 11.2 Å². The smallest absolute Gasteiger partial charge is 0.211 e. The molecule has 3 aromatic rings. The lowest BCUT2D eigenvalue weighted by Crippen LogP contribution is -2.27. The van der Waals surface area contributed by atoms with Gasteiger partial charge in [0, 0.05) is 21.6 Å². The summed E-state index contributed by atoms with van der Waals surface area (Å²) in [5.41, 5.74) is 10.1. The Morgan fingerprint density at radius 3 is 2.81 bits per heavy atom. The zero-order chi connectivity index (χ0) is 22.0. The number of fused-ring (bicyclic) bond motifs is 2. The Kier molecular flexibility index (Phi) is 7.04. The molecule has 0 unspecified atom stereocenters. The van der Waals surface area contributed by atoms with E-state index in [4.69, 9.17) is 10.7 Å². The largest absolute Gasteiger partial charge is 0.382 e. The third kappa shape index (κ3) is 5.15. The molecule has 0 saturated heterocycles. The van der Waals surface area contributed by atoms with Crippen LogP contribution in [0.1, 0.15) is 37.3 Å². The second kappa shape index (κ2) is 9.59. The molecule has 3 N–H and O–H groups in total. The zero-order valence-corrected chi connectivity index (χ0v) is 21.1. The van der Waals surface area contributed by atoms with Crippen molar-refractivity contribution in [1.82, 2.24) is 24.2 Å². The Balaban J connectivity index is 1.62. The summed E-state index contributed by atoms with van der Waals surface area (Å²) in [5.74, 6) is 0.375. The maximum absolute atomic E-state index is 12.2. The highest BCUT2D eigenvalue weighted by Gasteiger charge is 2.20. The summed E-state index contributed by atoms with van der Waals surface area (Å²) in [5, 5.41) is 0.747. The quantitative estimate of drug-likeness (QED) is 0.378. The summed E-state index contributed by atoms with van der Waals surface area (Å²) >= 11 is 3.94. The van der Waals surface area contributed by atoms with Gasteiger partial charge in [-0.15, -0.1) is 0 Å². The number of nitrogens with two attached hydrogens (primary N) is 1. The maximum Gasteiger partial charge on any atom is 0.211 e. The van der Waals surface area contributed by atoms with Gasteiger partial charge in [0.1, 0.15) is 6.33 Å². The minimum atomic E-state index is -3.29. The highest BCUT2D eigenvalue weighted by molar-refractivity contribution is 14.1. The number of nitrogens with one attached hydrogen (secondary N) is 1. The van der Waals surface area contributed by atoms with Gasteiger partial charge in [0.25, 0.3) is 0 Å². The number of nitrogens with zero attached hydrogens (tertiary/aromatic N) is 4. The lowest BCUT2D eigenvalue weighted by molar-refractivity contribution is 0.568. The van der Waals surface area contributed by atoms with E-state index >= 15 is 0 Å². The van der Waals surface area contributed by atoms with Gasteiger partial charge in [0.2, 0.25) is 10.0 Å². The van der Waals surface area contributed by atoms with Crippen molar-refractivity contribution >= 4 is 61.4 Å². The molecule has 0 amide bonds. The highest BCUT2D eigenvalue weighted by atomic mass is 127. The molecule has 0 fully saturated rings. The number of aryl methyl sites for hydroxylation is 3. The summed E-state index contributed by atoms with van der Waals surface area (Å²) < 4.78 is 30.1. The van der Waals surface area contributed by atoms with Crippen molar-refractivity contribution in [2.75, 3.05) is 18.0 Å². The van der Waals surface area contributed by atoms with Gasteiger partial charge in [-0.3, -0.25) is 0 Å². The van der Waals surface area contributed by atoms with E-state index < -0.39 is 10.0 Å². The van der Waals surface area contributed by atoms with Gasteiger partial charge in [0.15, 0.2) is 22.1 Å². The van der Waals surface area contributed by atoms with Crippen molar-refractivity contribution in [2.24, 2.45) is 0 Å². The summed E-state index contributed by atoms with van der Waals surface area (Å²) in [6, 6.07) is 4.52. The molecule has 11 heteroatoms. The number of imidazole rings is 1. The minimum absolute atomic E-state index is 0.0493. The van der Waals surface area contributed by atoms with Crippen LogP contribution in [-0.2, 0) is 29.4 Å². The molecule has 31 heavy (non-hydrogen) atoms. The molecule has 4 rings (SSSR count). The molecule has 0 spiro atoms. The number of hydrogen-bond donors (Lipinski definition) is 2. The van der Waals surface area contributed by atoms with Crippen molar-refractivity contribution < 1.29 is 8.42 Å². The first-order chi connectivity index (χ1) is 14.9. The fraction of sp³-hybridized carbons (Fsp3) is 0.450. The standard InChI is InChI=1S/C20H25IN6O2S2/c1-2-7-25-31(28,29)9-4-8-27-19-17(18(22)23-12-24-19)26-20(27)30-16-11-14-6-3-5-13(14)10-15(16)21/h10-12,25H,2-9H2,1H3,(H2,22,23,24). The van der Waals surface area contributed by atoms with Crippen molar-refractivity contribution in [1.29, 1.82) is 0 Å². The number of anilines is 1. The van der Waals surface area contributed by atoms with Crippen molar-refractivity contribution in [3.8, 4) is 0 Å². The molecule has 2 heterocycles. The Labute approximate surface area is 200 Å². The monoisotopic (exact) mass is 572 g/mol. The van der Waals surface area contributed by atoms with Crippen LogP contribution in [0.3, 0.4) is 0 Å². The SMILES string of the molecule is CCCNS(=O)(=O)CCCn1c(Sc2cc3c(cc2I)CCC3)nc2c(N)ncnc21. The van der Waals surface area contributed by atoms with E-state index in [0.717, 1.165) is 29.3 Å². The van der Waals surface area contributed by atoms with Gasteiger partial charge in [0.05, 0.1) is 5.75 Å². The Morgan fingerprint density at radius 2 is 2.03 bits per heavy atom. The number of sulfonamides is 1. The van der Waals surface area contributed by atoms with Crippen LogP contribution >= 0.6 is 34.4 Å². The van der Waals surface area contributed by atoms with Crippen molar-refractivity contribution in [3.05, 3.63) is 33.2 Å². The van der Waals surface area contributed by atoms with Crippen LogP contribution in [0, 0.1) is 3.57 Å². The van der Waals surface area contributed by atoms with Crippen LogP contribution < -0.4 is 10.5 Å². The third-order valence-corrected chi connectivity index (χ3v) is 9.02. The molecule has 0 radical (unpaired) electrons. The molecule has 0 aliphatic heterocycles. The van der Waals surface area contributed by atoms with Crippen LogP contribution in [0.4, 0.5) is 5.82 Å². The lowest BCUT2D eigenvalue weighted by atomic mass is 10.1. The first-order valence-corrected chi connectivity index (χ1v) is 13.9. The number of nitrogen functional groups attached to an aromatic ring is 1. The number of aromatic nitrogens is 4. The fourth-order valence-electron chi connectivity index (χ4n) is 3.70. The van der Waals surface area contributed by atoms with Gasteiger partial charge >= 0.3 is 0 Å². The molecular weight excluding hydrogens is 547 g/mol. The predicted molar refractivity (Wildman–Crippen MR) is 132 cm³/mol. The summed E-state index contributed by atoms with van der Waals surface area (Å²) in [7, 11) is -3.29. The second-order valence-electron chi connectivity index (χ2n) is 7.55. The average Bonchev–Trinajstić information content (AvgIpc) is 3.32. The van der Waals surface area contributed by atoms with Gasteiger partial charge in [-0.05, 0) is 78.0 Å². The molecule has 1 aliphatic rings. The summed E-state index contributed by atoms with van der Waals surface area (Å²) in [6.07, 6.45) is 6.08. The van der Waals surface area contributed by atoms with Gasteiger partial charge in [-0.1, -0.05) is 18.7 Å². The Bertz CT molecular complexity index is 1210. The van der Waals surface area contributed by atoms with E-state index in [1.54, 1.807) is 11.8 Å². The Morgan fingerprint density at radius 1 is 1.26 bits per heavy atom. The second-order valence-corrected chi connectivity index (χ2v) is 11.6. The van der Waals surface area contributed by atoms with E-state index in [1.165, 1.54) is 27.4 Å². The molecule has 8 nitrogen and oxygen atoms in total. The summed E-state index contributed by atoms with van der Waals surface area (Å²) in [4.78, 5) is 14.3. The maximum atomic E-state index is 12.2. The topological polar surface area (TPSA) is 116 Å². The molecule has 0 bridgehead atoms. The van der Waals surface area contributed by atoms with E-state index in [2.05, 4.69) is 49.4 Å². The molecule has 1 aliphatic carbocycles. The average molecular weight is 572 g/mol. The van der Waals surface area contributed by atoms with Crippen LogP contribution in [0.5, 0.6) is 0 Å². The lowest BCUT2D eigenvalue weighted by Gasteiger charge is -2.11. The number of benzene rings is 1. The number of halogens is 1. The Hall–Kier alpha value is -1.44. The number of hydrogen-bond acceptors (Lipinski definition) is 7. The molecule has 0 atom stereocenters. The highest BCUT2D eigenvalue weighted by Crippen LogP contribution is 2.37. The fourth-order valence-corrected chi connectivity index (χ4v) is 6.71. The normalized spacial score (nSPS) is 13.7. The van der Waals surface area contributed by atoms with Crippen molar-refractivity contribution in [3.63, 3.8) is 0 Å². The minimum Gasteiger partial charge on any atom is -0.382 e. The first-order valence-electron chi connectivity index (χ1n) is 10.3. The van der Waals surface area contributed by atoms with E-state index in [9.17, 15) is 8.42 Å². The first kappa shape index (κ1) is 22.7. The molecule has 1 aromatic carbocycles. The third-order valence-electron chi connectivity index (χ3n) is 5.24. The van der Waals surface area contributed by atoms with Crippen LogP contribution in [0.15, 0.2) is 28.5 Å². The van der Waals surface area contributed by atoms with Gasteiger partial charge in [-0.25, -0.2) is 28.1 Å². The van der Waals surface area contributed by atoms with Crippen LogP contribution in [0.2, 0.25) is 0 Å². The van der Waals surface area contributed by atoms with E-state index in [1.807, 2.05) is 11.5 Å². The zero-order valence-electron chi connectivity index (χ0n) is 17.3. The molecular formula is C20H25IN6O2S2. The molecule has 2 aromatic heterocycles. The van der Waals surface area contributed by atoms with Crippen molar-refractivity contribution in [2.45, 2.75) is 55.6 Å². The molecule has 166 valence electrons. The number of rotatable bonds is 9. The van der Waals surface area contributed by atoms with Crippen LogP contribution in [-0.4, -0.2) is 40.2 Å². The van der Waals surface area contributed by atoms with E-state index in [0.29, 0.717) is 36.5 Å². The molecule has 0 saturated carbocycles. The predicted octanol–water partition coefficient (Wildman–Crippen LogP) is 3.37. The van der Waals surface area contributed by atoms with Gasteiger partial charge < -0.3 is 10.3 Å². The summed E-state index contributed by atoms with van der Waals surface area (Å²) in [6.45, 7) is 2.87.